The summed E-state index contributed by atoms with van der Waals surface area (Å²) in [6.45, 7) is 6.42. The number of nitrogens with two attached hydrogens (primary N) is 1. The van der Waals surface area contributed by atoms with E-state index in [1.54, 1.807) is 12.1 Å². The first kappa shape index (κ1) is 25.1. The topological polar surface area (TPSA) is 109 Å². The summed E-state index contributed by atoms with van der Waals surface area (Å²) in [6, 6.07) is 24.9. The van der Waals surface area contributed by atoms with Crippen molar-refractivity contribution < 1.29 is 9.21 Å². The van der Waals surface area contributed by atoms with Crippen LogP contribution in [0.15, 0.2) is 89.9 Å². The van der Waals surface area contributed by atoms with Gasteiger partial charge in [-0.05, 0) is 67.1 Å². The van der Waals surface area contributed by atoms with Gasteiger partial charge in [0.05, 0.1) is 23.2 Å². The van der Waals surface area contributed by atoms with Crippen LogP contribution in [0, 0.1) is 11.3 Å². The summed E-state index contributed by atoms with van der Waals surface area (Å²) in [5.41, 5.74) is 9.80. The molecule has 0 unspecified atom stereocenters. The second-order valence-electron chi connectivity index (χ2n) is 9.89. The van der Waals surface area contributed by atoms with Crippen LogP contribution >= 0.6 is 0 Å². The van der Waals surface area contributed by atoms with Crippen LogP contribution in [0.4, 0.5) is 0 Å². The fourth-order valence-corrected chi connectivity index (χ4v) is 4.98. The van der Waals surface area contributed by atoms with E-state index in [1.165, 1.54) is 0 Å². The van der Waals surface area contributed by atoms with Crippen molar-refractivity contribution in [1.82, 2.24) is 15.1 Å². The fourth-order valence-electron chi connectivity index (χ4n) is 4.98. The Bertz CT molecular complexity index is 1520. The SMILES string of the molecule is C=C[C@H]1CCCN1C(=O)c1cc(-c2nnc([C@](C)(N)Cc3ccccc3)o2)cc(-c2ccccc2C#N)c1. The first-order chi connectivity index (χ1) is 18.4. The average molecular weight is 504 g/mol. The van der Waals surface area contributed by atoms with E-state index in [0.29, 0.717) is 35.5 Å². The standard InChI is InChI=1S/C31H29N5O2/c1-3-26-13-9-15-36(26)29(37)25-17-23(27-14-8-7-12-22(27)20-32)16-24(18-25)28-34-35-30(38-28)31(2,33)19-21-10-5-4-6-11-21/h3-8,10-12,14,16-18,26H,1,9,13,15,19,33H2,2H3/t26-,31+/m0/s1. The monoisotopic (exact) mass is 503 g/mol. The number of nitrogens with zero attached hydrogens (tertiary/aromatic N) is 4. The summed E-state index contributed by atoms with van der Waals surface area (Å²) in [7, 11) is 0. The highest BCUT2D eigenvalue weighted by Gasteiger charge is 2.30. The lowest BCUT2D eigenvalue weighted by Gasteiger charge is -2.22. The van der Waals surface area contributed by atoms with Crippen molar-refractivity contribution in [2.45, 2.75) is 37.8 Å². The maximum atomic E-state index is 13.6. The molecular weight excluding hydrogens is 474 g/mol. The molecule has 0 bridgehead atoms. The van der Waals surface area contributed by atoms with Crippen molar-refractivity contribution in [1.29, 1.82) is 5.26 Å². The van der Waals surface area contributed by atoms with Crippen LogP contribution in [0.1, 0.15) is 47.1 Å². The van der Waals surface area contributed by atoms with E-state index in [9.17, 15) is 10.1 Å². The van der Waals surface area contributed by atoms with E-state index in [0.717, 1.165) is 29.5 Å². The number of rotatable bonds is 7. The fraction of sp³-hybridized carbons (Fsp3) is 0.226. The smallest absolute Gasteiger partial charge is 0.254 e. The van der Waals surface area contributed by atoms with Gasteiger partial charge < -0.3 is 15.1 Å². The molecule has 38 heavy (non-hydrogen) atoms. The zero-order valence-corrected chi connectivity index (χ0v) is 21.3. The third-order valence-corrected chi connectivity index (χ3v) is 6.95. The molecule has 7 nitrogen and oxygen atoms in total. The van der Waals surface area contributed by atoms with Gasteiger partial charge in [0.2, 0.25) is 11.8 Å². The summed E-state index contributed by atoms with van der Waals surface area (Å²) in [5, 5.41) is 18.3. The van der Waals surface area contributed by atoms with Crippen LogP contribution in [0.2, 0.25) is 0 Å². The average Bonchev–Trinajstić information content (AvgIpc) is 3.63. The molecule has 1 aliphatic heterocycles. The molecule has 1 aromatic heterocycles. The van der Waals surface area contributed by atoms with Crippen LogP contribution < -0.4 is 5.73 Å². The van der Waals surface area contributed by atoms with Gasteiger partial charge in [-0.1, -0.05) is 54.6 Å². The molecule has 1 saturated heterocycles. The van der Waals surface area contributed by atoms with Gasteiger partial charge in [0.25, 0.3) is 5.91 Å². The quantitative estimate of drug-likeness (QED) is 0.334. The molecule has 0 radical (unpaired) electrons. The van der Waals surface area contributed by atoms with Gasteiger partial charge in [-0.15, -0.1) is 16.8 Å². The summed E-state index contributed by atoms with van der Waals surface area (Å²) >= 11 is 0. The van der Waals surface area contributed by atoms with Crippen LogP contribution in [-0.4, -0.2) is 33.6 Å². The predicted octanol–water partition coefficient (Wildman–Crippen LogP) is 5.48. The maximum absolute atomic E-state index is 13.6. The maximum Gasteiger partial charge on any atom is 0.254 e. The molecule has 2 atom stereocenters. The van der Waals surface area contributed by atoms with E-state index in [-0.39, 0.29) is 17.8 Å². The molecule has 2 heterocycles. The molecule has 1 amide bonds. The van der Waals surface area contributed by atoms with Gasteiger partial charge in [-0.2, -0.15) is 5.26 Å². The Morgan fingerprint density at radius 3 is 2.66 bits per heavy atom. The number of carbonyl (C=O) groups excluding carboxylic acids is 1. The normalized spacial score (nSPS) is 16.6. The van der Waals surface area contributed by atoms with Crippen molar-refractivity contribution in [3.05, 3.63) is 108 Å². The van der Waals surface area contributed by atoms with Crippen LogP contribution in [0.3, 0.4) is 0 Å². The number of amides is 1. The van der Waals surface area contributed by atoms with Crippen molar-refractivity contribution in [3.8, 4) is 28.7 Å². The number of likely N-dealkylation sites (tertiary alicyclic amines) is 1. The molecule has 0 spiro atoms. The molecule has 3 aromatic carbocycles. The molecule has 190 valence electrons. The van der Waals surface area contributed by atoms with Gasteiger partial charge in [0, 0.05) is 17.7 Å². The lowest BCUT2D eigenvalue weighted by molar-refractivity contribution is 0.0762. The zero-order chi connectivity index (χ0) is 26.7. The van der Waals surface area contributed by atoms with Gasteiger partial charge in [0.1, 0.15) is 0 Å². The molecule has 5 rings (SSSR count). The van der Waals surface area contributed by atoms with Gasteiger partial charge in [-0.3, -0.25) is 4.79 Å². The minimum Gasteiger partial charge on any atom is -0.419 e. The Morgan fingerprint density at radius 2 is 1.89 bits per heavy atom. The highest BCUT2D eigenvalue weighted by atomic mass is 16.4. The van der Waals surface area contributed by atoms with Crippen LogP contribution in [0.5, 0.6) is 0 Å². The minimum absolute atomic E-state index is 0.00746. The number of nitriles is 1. The van der Waals surface area contributed by atoms with E-state index in [1.807, 2.05) is 78.6 Å². The highest BCUT2D eigenvalue weighted by molar-refractivity contribution is 5.97. The lowest BCUT2D eigenvalue weighted by Crippen LogP contribution is -2.35. The second kappa shape index (κ2) is 10.4. The van der Waals surface area contributed by atoms with Crippen LogP contribution in [-0.2, 0) is 12.0 Å². The predicted molar refractivity (Wildman–Crippen MR) is 146 cm³/mol. The number of carbonyl (C=O) groups is 1. The molecule has 1 aliphatic rings. The van der Waals surface area contributed by atoms with Gasteiger partial charge in [0.15, 0.2) is 0 Å². The Balaban J connectivity index is 1.56. The number of hydrogen-bond donors (Lipinski definition) is 1. The highest BCUT2D eigenvalue weighted by Crippen LogP contribution is 2.33. The molecule has 4 aromatic rings. The summed E-state index contributed by atoms with van der Waals surface area (Å²) < 4.78 is 6.10. The van der Waals surface area contributed by atoms with Crippen molar-refractivity contribution in [2.75, 3.05) is 6.54 Å². The largest absolute Gasteiger partial charge is 0.419 e. The van der Waals surface area contributed by atoms with E-state index in [2.05, 4.69) is 22.8 Å². The summed E-state index contributed by atoms with van der Waals surface area (Å²) in [5.74, 6) is 0.465. The first-order valence-corrected chi connectivity index (χ1v) is 12.6. The van der Waals surface area contributed by atoms with E-state index >= 15 is 0 Å². The van der Waals surface area contributed by atoms with Gasteiger partial charge in [-0.25, -0.2) is 0 Å². The van der Waals surface area contributed by atoms with E-state index in [4.69, 9.17) is 10.2 Å². The van der Waals surface area contributed by atoms with Crippen molar-refractivity contribution in [2.24, 2.45) is 5.73 Å². The van der Waals surface area contributed by atoms with Crippen molar-refractivity contribution in [3.63, 3.8) is 0 Å². The third-order valence-electron chi connectivity index (χ3n) is 6.95. The molecular formula is C31H29N5O2. The Morgan fingerprint density at radius 1 is 1.16 bits per heavy atom. The van der Waals surface area contributed by atoms with Crippen LogP contribution in [0.25, 0.3) is 22.6 Å². The van der Waals surface area contributed by atoms with E-state index < -0.39 is 5.54 Å². The summed E-state index contributed by atoms with van der Waals surface area (Å²) in [6.07, 6.45) is 4.16. The van der Waals surface area contributed by atoms with Gasteiger partial charge >= 0.3 is 0 Å². The Kier molecular flexibility index (Phi) is 6.91. The molecule has 1 fully saturated rings. The Hall–Kier alpha value is -4.54. The molecule has 2 N–H and O–H groups in total. The Labute approximate surface area is 222 Å². The number of aromatic nitrogens is 2. The van der Waals surface area contributed by atoms with Crippen molar-refractivity contribution >= 4 is 5.91 Å². The molecule has 7 heteroatoms. The zero-order valence-electron chi connectivity index (χ0n) is 21.3. The second-order valence-corrected chi connectivity index (χ2v) is 9.89. The molecule has 0 aliphatic carbocycles. The minimum atomic E-state index is -0.886. The molecule has 0 saturated carbocycles. The third kappa shape index (κ3) is 4.99. The number of hydrogen-bond acceptors (Lipinski definition) is 6. The summed E-state index contributed by atoms with van der Waals surface area (Å²) in [4.78, 5) is 15.5. The first-order valence-electron chi connectivity index (χ1n) is 12.6. The lowest BCUT2D eigenvalue weighted by atomic mass is 9.94. The number of benzene rings is 3.